The number of hydrogen-bond acceptors (Lipinski definition) is 3. The predicted molar refractivity (Wildman–Crippen MR) is 125 cm³/mol. The number of aliphatic hydroxyl groups excluding tert-OH is 1. The van der Waals surface area contributed by atoms with Crippen LogP contribution in [0.1, 0.15) is 70.3 Å². The molecule has 2 aromatic rings. The van der Waals surface area contributed by atoms with Gasteiger partial charge in [0.25, 0.3) is 0 Å². The van der Waals surface area contributed by atoms with Crippen LogP contribution in [0, 0.1) is 11.8 Å². The van der Waals surface area contributed by atoms with Crippen LogP contribution in [-0.2, 0) is 12.8 Å². The maximum Gasteiger partial charge on any atom is 0.0623 e. The van der Waals surface area contributed by atoms with Gasteiger partial charge in [0, 0.05) is 29.8 Å². The number of aliphatic hydroxyl groups is 1. The van der Waals surface area contributed by atoms with E-state index in [4.69, 9.17) is 4.98 Å². The lowest BCUT2D eigenvalue weighted by atomic mass is 9.70. The zero-order valence-electron chi connectivity index (χ0n) is 19.2. The molecule has 0 saturated heterocycles. The lowest BCUT2D eigenvalue weighted by Crippen LogP contribution is -2.57. The van der Waals surface area contributed by atoms with Gasteiger partial charge in [-0.1, -0.05) is 75.7 Å². The lowest BCUT2D eigenvalue weighted by Gasteiger charge is -2.47. The third kappa shape index (κ3) is 5.19. The maximum absolute atomic E-state index is 11.2. The first kappa shape index (κ1) is 22.7. The second kappa shape index (κ2) is 9.89. The fourth-order valence-corrected chi connectivity index (χ4v) is 4.77. The highest BCUT2D eigenvalue weighted by Crippen LogP contribution is 2.40. The molecule has 0 saturated carbocycles. The highest BCUT2D eigenvalue weighted by Gasteiger charge is 2.43. The molecule has 1 aliphatic rings. The second-order valence-electron chi connectivity index (χ2n) is 9.41. The Labute approximate surface area is 182 Å². The zero-order chi connectivity index (χ0) is 21.7. The van der Waals surface area contributed by atoms with Crippen LogP contribution in [0.4, 0.5) is 0 Å². The number of pyridine rings is 1. The molecule has 1 aromatic carbocycles. The molecule has 0 aliphatic carbocycles. The third-order valence-corrected chi connectivity index (χ3v) is 6.49. The van der Waals surface area contributed by atoms with Gasteiger partial charge >= 0.3 is 0 Å². The Morgan fingerprint density at radius 1 is 1.07 bits per heavy atom. The van der Waals surface area contributed by atoms with E-state index in [1.165, 1.54) is 16.7 Å². The normalized spacial score (nSPS) is 25.2. The number of rotatable bonds is 8. The van der Waals surface area contributed by atoms with Gasteiger partial charge in [0.2, 0.25) is 0 Å². The molecule has 0 radical (unpaired) electrons. The molecule has 4 atom stereocenters. The van der Waals surface area contributed by atoms with Gasteiger partial charge in [-0.25, -0.2) is 0 Å². The molecule has 3 rings (SSSR count). The van der Waals surface area contributed by atoms with E-state index in [1.807, 2.05) is 6.20 Å². The van der Waals surface area contributed by atoms with Crippen LogP contribution in [0.15, 0.2) is 60.3 Å². The number of aromatic nitrogens is 1. The van der Waals surface area contributed by atoms with E-state index in [0.29, 0.717) is 5.92 Å². The van der Waals surface area contributed by atoms with Crippen molar-refractivity contribution in [3.63, 3.8) is 0 Å². The highest BCUT2D eigenvalue weighted by molar-refractivity contribution is 5.34. The minimum absolute atomic E-state index is 0.0439. The van der Waals surface area contributed by atoms with Crippen molar-refractivity contribution in [1.29, 1.82) is 0 Å². The monoisotopic (exact) mass is 406 g/mol. The minimum Gasteiger partial charge on any atom is -0.392 e. The summed E-state index contributed by atoms with van der Waals surface area (Å²) in [5.74, 6) is 0.499. The number of nitrogens with one attached hydrogen (secondary N) is 1. The Kier molecular flexibility index (Phi) is 7.49. The van der Waals surface area contributed by atoms with Crippen LogP contribution < -0.4 is 5.32 Å². The SMILES string of the molecule is CCC1=C[C@H]([C@H](O)CC(C)C)[C@](C)(Cc2ccc(CC)cn2)N[C@H]1c1ccccc1. The zero-order valence-corrected chi connectivity index (χ0v) is 19.2. The van der Waals surface area contributed by atoms with Crippen molar-refractivity contribution in [2.45, 2.75) is 78.0 Å². The fourth-order valence-electron chi connectivity index (χ4n) is 4.77. The van der Waals surface area contributed by atoms with Crippen molar-refractivity contribution in [2.24, 2.45) is 11.8 Å². The summed E-state index contributed by atoms with van der Waals surface area (Å²) in [6.07, 6.45) is 7.52. The topological polar surface area (TPSA) is 45.2 Å². The average molecular weight is 407 g/mol. The van der Waals surface area contributed by atoms with Gasteiger partial charge in [0.1, 0.15) is 0 Å². The summed E-state index contributed by atoms with van der Waals surface area (Å²) in [5, 5.41) is 15.2. The number of nitrogens with zero attached hydrogens (tertiary/aromatic N) is 1. The molecular weight excluding hydrogens is 368 g/mol. The van der Waals surface area contributed by atoms with Gasteiger partial charge < -0.3 is 10.4 Å². The van der Waals surface area contributed by atoms with Gasteiger partial charge in [0.15, 0.2) is 0 Å². The molecular formula is C27H38N2O. The van der Waals surface area contributed by atoms with E-state index in [2.05, 4.69) is 88.5 Å². The molecule has 0 bridgehead atoms. The van der Waals surface area contributed by atoms with Crippen LogP contribution in [0.3, 0.4) is 0 Å². The van der Waals surface area contributed by atoms with Crippen molar-refractivity contribution in [1.82, 2.24) is 10.3 Å². The highest BCUT2D eigenvalue weighted by atomic mass is 16.3. The molecule has 0 spiro atoms. The molecule has 30 heavy (non-hydrogen) atoms. The molecule has 3 heteroatoms. The maximum atomic E-state index is 11.2. The molecule has 0 unspecified atom stereocenters. The lowest BCUT2D eigenvalue weighted by molar-refractivity contribution is 0.0486. The Balaban J connectivity index is 1.99. The molecule has 1 aromatic heterocycles. The van der Waals surface area contributed by atoms with E-state index >= 15 is 0 Å². The molecule has 2 N–H and O–H groups in total. The van der Waals surface area contributed by atoms with Gasteiger partial charge in [-0.2, -0.15) is 0 Å². The molecule has 2 heterocycles. The van der Waals surface area contributed by atoms with Gasteiger partial charge in [-0.05, 0) is 49.3 Å². The van der Waals surface area contributed by atoms with Crippen LogP contribution >= 0.6 is 0 Å². The Bertz CT molecular complexity index is 828. The van der Waals surface area contributed by atoms with Crippen LogP contribution in [-0.4, -0.2) is 21.7 Å². The second-order valence-corrected chi connectivity index (χ2v) is 9.41. The molecule has 3 nitrogen and oxygen atoms in total. The van der Waals surface area contributed by atoms with Gasteiger partial charge in [-0.3, -0.25) is 4.98 Å². The van der Waals surface area contributed by atoms with E-state index in [-0.39, 0.29) is 23.6 Å². The minimum atomic E-state index is -0.379. The van der Waals surface area contributed by atoms with E-state index < -0.39 is 0 Å². The number of aryl methyl sites for hydroxylation is 1. The smallest absolute Gasteiger partial charge is 0.0623 e. The molecule has 1 aliphatic heterocycles. The molecule has 0 fully saturated rings. The van der Waals surface area contributed by atoms with Gasteiger partial charge in [-0.15, -0.1) is 0 Å². The summed E-state index contributed by atoms with van der Waals surface area (Å²) >= 11 is 0. The fraction of sp³-hybridized carbons (Fsp3) is 0.519. The first-order valence-corrected chi connectivity index (χ1v) is 11.5. The quantitative estimate of drug-likeness (QED) is 0.557. The van der Waals surface area contributed by atoms with Gasteiger partial charge in [0.05, 0.1) is 12.1 Å². The van der Waals surface area contributed by atoms with Crippen LogP contribution in [0.2, 0.25) is 0 Å². The number of benzene rings is 1. The molecule has 162 valence electrons. The van der Waals surface area contributed by atoms with E-state index in [0.717, 1.165) is 31.4 Å². The summed E-state index contributed by atoms with van der Waals surface area (Å²) in [5.41, 5.74) is 4.69. The standard InChI is InChI=1S/C27H38N2O/c1-6-20-13-14-23(28-18-20)17-27(5)24(25(30)15-19(3)4)16-21(7-2)26(29-27)22-11-9-8-10-12-22/h8-14,16,18-19,24-26,29-30H,6-7,15,17H2,1-5H3/t24-,25-,26-,27+/m1/s1. The van der Waals surface area contributed by atoms with Crippen molar-refractivity contribution in [2.75, 3.05) is 0 Å². The van der Waals surface area contributed by atoms with Crippen molar-refractivity contribution < 1.29 is 5.11 Å². The average Bonchev–Trinajstić information content (AvgIpc) is 2.74. The summed E-state index contributed by atoms with van der Waals surface area (Å²) in [4.78, 5) is 4.74. The largest absolute Gasteiger partial charge is 0.392 e. The summed E-state index contributed by atoms with van der Waals surface area (Å²) < 4.78 is 0. The van der Waals surface area contributed by atoms with E-state index in [9.17, 15) is 5.11 Å². The van der Waals surface area contributed by atoms with Crippen LogP contribution in [0.5, 0.6) is 0 Å². The Morgan fingerprint density at radius 3 is 2.37 bits per heavy atom. The van der Waals surface area contributed by atoms with Crippen molar-refractivity contribution in [3.8, 4) is 0 Å². The third-order valence-electron chi connectivity index (χ3n) is 6.49. The molecule has 0 amide bonds. The van der Waals surface area contributed by atoms with Crippen LogP contribution in [0.25, 0.3) is 0 Å². The van der Waals surface area contributed by atoms with Crippen molar-refractivity contribution in [3.05, 3.63) is 77.1 Å². The summed E-state index contributed by atoms with van der Waals surface area (Å²) in [6.45, 7) is 11.0. The predicted octanol–water partition coefficient (Wildman–Crippen LogP) is 5.65. The first-order valence-electron chi connectivity index (χ1n) is 11.5. The van der Waals surface area contributed by atoms with E-state index in [1.54, 1.807) is 0 Å². The first-order chi connectivity index (χ1) is 14.4. The van der Waals surface area contributed by atoms with Crippen molar-refractivity contribution >= 4 is 0 Å². The number of hydrogen-bond donors (Lipinski definition) is 2. The Morgan fingerprint density at radius 2 is 1.80 bits per heavy atom. The Hall–Kier alpha value is -1.97. The summed E-state index contributed by atoms with van der Waals surface area (Å²) in [6, 6.07) is 15.2. The summed E-state index contributed by atoms with van der Waals surface area (Å²) in [7, 11) is 0.